The molecule has 1 aromatic carbocycles. The molecule has 0 nitrogen and oxygen atoms in total. The summed E-state index contributed by atoms with van der Waals surface area (Å²) in [6, 6.07) is 5.09. The fourth-order valence-corrected chi connectivity index (χ4v) is 2.98. The Morgan fingerprint density at radius 3 is 2.69 bits per heavy atom. The maximum atomic E-state index is 13.0. The van der Waals surface area contributed by atoms with Crippen LogP contribution in [0, 0.1) is 24.6 Å². The molecule has 0 radical (unpaired) electrons. The van der Waals surface area contributed by atoms with Gasteiger partial charge in [-0.2, -0.15) is 0 Å². The molecule has 2 heteroatoms. The number of hydrogen-bond donors (Lipinski definition) is 0. The van der Waals surface area contributed by atoms with E-state index in [0.29, 0.717) is 17.2 Å². The van der Waals surface area contributed by atoms with Crippen LogP contribution in [0.5, 0.6) is 0 Å². The Balaban J connectivity index is 2.09. The van der Waals surface area contributed by atoms with E-state index in [0.717, 1.165) is 18.4 Å². The van der Waals surface area contributed by atoms with Crippen LogP contribution in [-0.2, 0) is 6.42 Å². The first-order valence-electron chi connectivity index (χ1n) is 5.97. The molecule has 1 fully saturated rings. The van der Waals surface area contributed by atoms with Crippen molar-refractivity contribution in [2.24, 2.45) is 11.8 Å². The third kappa shape index (κ3) is 2.40. The Labute approximate surface area is 102 Å². The van der Waals surface area contributed by atoms with E-state index >= 15 is 0 Å². The van der Waals surface area contributed by atoms with Crippen molar-refractivity contribution in [2.45, 2.75) is 38.5 Å². The van der Waals surface area contributed by atoms with Gasteiger partial charge in [0.05, 0.1) is 0 Å². The monoisotopic (exact) mass is 240 g/mol. The van der Waals surface area contributed by atoms with Crippen molar-refractivity contribution in [2.75, 3.05) is 0 Å². The molecule has 0 heterocycles. The van der Waals surface area contributed by atoms with Gasteiger partial charge in [-0.1, -0.05) is 13.0 Å². The summed E-state index contributed by atoms with van der Waals surface area (Å²) in [6.45, 7) is 4.21. The van der Waals surface area contributed by atoms with Gasteiger partial charge in [0.25, 0.3) is 0 Å². The van der Waals surface area contributed by atoms with Gasteiger partial charge in [-0.3, -0.25) is 0 Å². The molecule has 3 unspecified atom stereocenters. The van der Waals surface area contributed by atoms with Crippen molar-refractivity contribution in [3.05, 3.63) is 35.1 Å². The third-order valence-corrected chi connectivity index (χ3v) is 4.53. The molecule has 1 aliphatic rings. The minimum atomic E-state index is -0.143. The first kappa shape index (κ1) is 11.9. The first-order chi connectivity index (χ1) is 7.58. The molecule has 2 rings (SSSR count). The molecule has 0 aromatic heterocycles. The highest BCUT2D eigenvalue weighted by atomic mass is 35.5. The summed E-state index contributed by atoms with van der Waals surface area (Å²) in [5.74, 6) is 1.09. The highest BCUT2D eigenvalue weighted by molar-refractivity contribution is 6.20. The van der Waals surface area contributed by atoms with Crippen LogP contribution in [0.25, 0.3) is 0 Å². The van der Waals surface area contributed by atoms with E-state index in [9.17, 15) is 4.39 Å². The maximum Gasteiger partial charge on any atom is 0.123 e. The van der Waals surface area contributed by atoms with Gasteiger partial charge in [-0.15, -0.1) is 11.6 Å². The molecule has 0 spiro atoms. The minimum absolute atomic E-state index is 0.143. The smallest absolute Gasteiger partial charge is 0.123 e. The van der Waals surface area contributed by atoms with Crippen molar-refractivity contribution in [1.82, 2.24) is 0 Å². The second-order valence-electron chi connectivity index (χ2n) is 4.99. The van der Waals surface area contributed by atoms with Gasteiger partial charge in [0.15, 0.2) is 0 Å². The van der Waals surface area contributed by atoms with Gasteiger partial charge in [0.1, 0.15) is 5.82 Å². The minimum Gasteiger partial charge on any atom is -0.207 e. The lowest BCUT2D eigenvalue weighted by Crippen LogP contribution is -2.13. The molecular formula is C14H18ClF. The van der Waals surface area contributed by atoms with Crippen molar-refractivity contribution < 1.29 is 4.39 Å². The maximum absolute atomic E-state index is 13.0. The predicted molar refractivity (Wildman–Crippen MR) is 66.4 cm³/mol. The second-order valence-corrected chi connectivity index (χ2v) is 5.55. The van der Waals surface area contributed by atoms with Gasteiger partial charge in [-0.05, 0) is 61.3 Å². The lowest BCUT2D eigenvalue weighted by atomic mass is 9.89. The van der Waals surface area contributed by atoms with Gasteiger partial charge in [-0.25, -0.2) is 4.39 Å². The van der Waals surface area contributed by atoms with Gasteiger partial charge >= 0.3 is 0 Å². The quantitative estimate of drug-likeness (QED) is 0.675. The van der Waals surface area contributed by atoms with E-state index in [-0.39, 0.29) is 5.82 Å². The summed E-state index contributed by atoms with van der Waals surface area (Å²) < 4.78 is 13.0. The van der Waals surface area contributed by atoms with Gasteiger partial charge < -0.3 is 0 Å². The molecular weight excluding hydrogens is 223 g/mol. The Morgan fingerprint density at radius 2 is 2.12 bits per heavy atom. The average Bonchev–Trinajstić information content (AvgIpc) is 2.54. The largest absolute Gasteiger partial charge is 0.207 e. The van der Waals surface area contributed by atoms with E-state index in [2.05, 4.69) is 6.92 Å². The molecule has 0 N–H and O–H groups in total. The number of aryl methyl sites for hydroxylation is 1. The number of benzene rings is 1. The summed E-state index contributed by atoms with van der Waals surface area (Å²) in [4.78, 5) is 0. The standard InChI is InChI=1S/C14H18ClF/c1-9-7-13(16)5-3-11(9)8-12-4-6-14(15)10(12)2/h3,5,7,10,12,14H,4,6,8H2,1-2H3. The summed E-state index contributed by atoms with van der Waals surface area (Å²) in [5, 5.41) is 0.325. The molecule has 1 aliphatic carbocycles. The Hall–Kier alpha value is -0.560. The SMILES string of the molecule is Cc1cc(F)ccc1CC1CCC(Cl)C1C. The summed E-state index contributed by atoms with van der Waals surface area (Å²) in [5.41, 5.74) is 2.33. The number of hydrogen-bond acceptors (Lipinski definition) is 0. The topological polar surface area (TPSA) is 0 Å². The van der Waals surface area contributed by atoms with Crippen LogP contribution in [-0.4, -0.2) is 5.38 Å². The molecule has 88 valence electrons. The lowest BCUT2D eigenvalue weighted by molar-refractivity contribution is 0.419. The first-order valence-corrected chi connectivity index (χ1v) is 6.40. The van der Waals surface area contributed by atoms with Crippen LogP contribution in [0.15, 0.2) is 18.2 Å². The zero-order valence-corrected chi connectivity index (χ0v) is 10.6. The molecule has 0 aliphatic heterocycles. The fraction of sp³-hybridized carbons (Fsp3) is 0.571. The summed E-state index contributed by atoms with van der Waals surface area (Å²) >= 11 is 6.23. The molecule has 1 aromatic rings. The van der Waals surface area contributed by atoms with E-state index in [1.165, 1.54) is 12.0 Å². The van der Waals surface area contributed by atoms with Gasteiger partial charge in [0.2, 0.25) is 0 Å². The van der Waals surface area contributed by atoms with Crippen molar-refractivity contribution in [1.29, 1.82) is 0 Å². The second kappa shape index (κ2) is 4.75. The number of alkyl halides is 1. The van der Waals surface area contributed by atoms with Crippen LogP contribution >= 0.6 is 11.6 Å². The van der Waals surface area contributed by atoms with Crippen molar-refractivity contribution >= 4 is 11.6 Å². The average molecular weight is 241 g/mol. The normalized spacial score (nSPS) is 29.6. The molecule has 0 amide bonds. The fourth-order valence-electron chi connectivity index (χ4n) is 2.65. The highest BCUT2D eigenvalue weighted by Crippen LogP contribution is 2.37. The van der Waals surface area contributed by atoms with Crippen molar-refractivity contribution in [3.8, 4) is 0 Å². The summed E-state index contributed by atoms with van der Waals surface area (Å²) in [6.07, 6.45) is 3.36. The van der Waals surface area contributed by atoms with Crippen LogP contribution in [0.1, 0.15) is 30.9 Å². The molecule has 0 saturated heterocycles. The van der Waals surface area contributed by atoms with E-state index in [1.54, 1.807) is 12.1 Å². The number of rotatable bonds is 2. The number of halogens is 2. The van der Waals surface area contributed by atoms with E-state index in [1.807, 2.05) is 13.0 Å². The van der Waals surface area contributed by atoms with Crippen LogP contribution < -0.4 is 0 Å². The Kier molecular flexibility index (Phi) is 3.53. The van der Waals surface area contributed by atoms with Crippen LogP contribution in [0.4, 0.5) is 4.39 Å². The predicted octanol–water partition coefficient (Wildman–Crippen LogP) is 4.33. The molecule has 16 heavy (non-hydrogen) atoms. The summed E-state index contributed by atoms with van der Waals surface area (Å²) in [7, 11) is 0. The lowest BCUT2D eigenvalue weighted by Gasteiger charge is -2.18. The molecule has 1 saturated carbocycles. The third-order valence-electron chi connectivity index (χ3n) is 3.91. The highest BCUT2D eigenvalue weighted by Gasteiger charge is 2.31. The van der Waals surface area contributed by atoms with E-state index in [4.69, 9.17) is 11.6 Å². The van der Waals surface area contributed by atoms with Crippen LogP contribution in [0.3, 0.4) is 0 Å². The molecule has 0 bridgehead atoms. The molecule has 3 atom stereocenters. The Bertz CT molecular complexity index is 375. The van der Waals surface area contributed by atoms with Crippen molar-refractivity contribution in [3.63, 3.8) is 0 Å². The Morgan fingerprint density at radius 1 is 1.38 bits per heavy atom. The van der Waals surface area contributed by atoms with Crippen LogP contribution in [0.2, 0.25) is 0 Å². The van der Waals surface area contributed by atoms with Gasteiger partial charge in [0, 0.05) is 5.38 Å². The zero-order valence-electron chi connectivity index (χ0n) is 9.84. The van der Waals surface area contributed by atoms with E-state index < -0.39 is 0 Å². The zero-order chi connectivity index (χ0) is 11.7.